The average molecular weight is 1050 g/mol. The van der Waals surface area contributed by atoms with E-state index < -0.39 is 26.5 Å². The molecule has 0 N–H and O–H groups in total. The van der Waals surface area contributed by atoms with Crippen LogP contribution in [0.4, 0.5) is 34.1 Å². The number of benzene rings is 11. The van der Waals surface area contributed by atoms with Crippen LogP contribution in [0.1, 0.15) is 0 Å². The SMILES string of the molecule is [CH3][Ge]1([CH3])[c]2ccccc2-c2ccc(N(c3ccccc3)c3ccc4cc5c(cc4c3)oc3ccc4oc6cc7cc(N(c8ccccc8)c8ccc9[c](c8)[Ge]([CH3])([CH3])[c]8ccccc8-9)ccc7cc6c4c35)c[c]21. The molecule has 2 aromatic heterocycles. The van der Waals surface area contributed by atoms with Crippen molar-refractivity contribution in [1.29, 1.82) is 0 Å². The van der Waals surface area contributed by atoms with Crippen molar-refractivity contribution in [3.8, 4) is 22.3 Å². The first-order valence-corrected chi connectivity index (χ1v) is 37.6. The fraction of sp³-hybridized carbons (Fsp3) is 0.0606. The van der Waals surface area contributed by atoms with Gasteiger partial charge in [-0.3, -0.25) is 0 Å². The van der Waals surface area contributed by atoms with Gasteiger partial charge in [0.15, 0.2) is 0 Å². The van der Waals surface area contributed by atoms with Gasteiger partial charge in [0.1, 0.15) is 0 Å². The molecule has 0 saturated heterocycles. The van der Waals surface area contributed by atoms with Gasteiger partial charge in [-0.05, 0) is 0 Å². The fourth-order valence-electron chi connectivity index (χ4n) is 12.6. The molecule has 0 aliphatic carbocycles. The van der Waals surface area contributed by atoms with Gasteiger partial charge in [-0.25, -0.2) is 0 Å². The quantitative estimate of drug-likeness (QED) is 0.155. The van der Waals surface area contributed by atoms with Crippen molar-refractivity contribution in [2.24, 2.45) is 0 Å². The summed E-state index contributed by atoms with van der Waals surface area (Å²) in [5.41, 5.74) is 15.9. The molecule has 0 spiro atoms. The van der Waals surface area contributed by atoms with Crippen molar-refractivity contribution in [3.63, 3.8) is 0 Å². The Morgan fingerprint density at radius 3 is 1.10 bits per heavy atom. The van der Waals surface area contributed by atoms with Gasteiger partial charge in [-0.2, -0.15) is 0 Å². The Balaban J connectivity index is 0.832. The van der Waals surface area contributed by atoms with E-state index in [1.54, 1.807) is 8.79 Å². The molecule has 342 valence electrons. The van der Waals surface area contributed by atoms with Crippen LogP contribution < -0.4 is 27.4 Å². The van der Waals surface area contributed by atoms with Gasteiger partial charge in [0.25, 0.3) is 0 Å². The van der Waals surface area contributed by atoms with Gasteiger partial charge in [-0.15, -0.1) is 0 Å². The molecule has 4 heterocycles. The molecule has 0 fully saturated rings. The van der Waals surface area contributed by atoms with E-state index in [4.69, 9.17) is 8.83 Å². The van der Waals surface area contributed by atoms with Crippen molar-refractivity contribution in [1.82, 2.24) is 0 Å². The van der Waals surface area contributed by atoms with Gasteiger partial charge in [0.2, 0.25) is 0 Å². The number of rotatable bonds is 6. The normalized spacial score (nSPS) is 14.1. The Morgan fingerprint density at radius 2 is 0.653 bits per heavy atom. The predicted octanol–water partition coefficient (Wildman–Crippen LogP) is 16.3. The molecule has 0 amide bonds. The van der Waals surface area contributed by atoms with Gasteiger partial charge in [-0.1, -0.05) is 0 Å². The topological polar surface area (TPSA) is 32.8 Å². The van der Waals surface area contributed by atoms with Crippen LogP contribution in [0.15, 0.2) is 227 Å². The Bertz CT molecular complexity index is 4130. The van der Waals surface area contributed by atoms with E-state index in [1.807, 2.05) is 0 Å². The van der Waals surface area contributed by atoms with Crippen LogP contribution >= 0.6 is 0 Å². The summed E-state index contributed by atoms with van der Waals surface area (Å²) in [5.74, 6) is 10.1. The number of furan rings is 2. The van der Waals surface area contributed by atoms with Crippen LogP contribution in [-0.4, -0.2) is 26.5 Å². The standard InChI is InChI=1S/C66H48Ge2N2O2/c1-67(2)57-21-13-11-19-51(57)53-29-27-49(39-59(53)67)69(45-15-7-5-8-16-45)47-25-23-41-35-55-63(37-43(41)33-47)71-61-31-32-62-66(65(55)61)56-36-42-24-26-48(34-44(42)38-64(56)72-62)70(46-17-9-6-10-18-46)50-28-30-54-52-20-12-14-22-58(52)68(3,4)60(54)40-50/h5-40H,1-4H3. The van der Waals surface area contributed by atoms with Gasteiger partial charge in [0, 0.05) is 0 Å². The third-order valence-electron chi connectivity index (χ3n) is 16.1. The molecule has 15 rings (SSSR count). The number of fused-ring (bicyclic) bond motifs is 15. The molecule has 4 nitrogen and oxygen atoms in total. The molecule has 2 aliphatic rings. The Morgan fingerprint density at radius 1 is 0.278 bits per heavy atom. The molecule has 0 unspecified atom stereocenters. The number of hydrogen-bond donors (Lipinski definition) is 0. The van der Waals surface area contributed by atoms with Gasteiger partial charge >= 0.3 is 426 Å². The number of anilines is 6. The summed E-state index contributed by atoms with van der Waals surface area (Å²) in [7, 11) is 0. The van der Waals surface area contributed by atoms with Crippen molar-refractivity contribution in [2.75, 3.05) is 9.80 Å². The Hall–Kier alpha value is -7.77. The van der Waals surface area contributed by atoms with E-state index in [2.05, 4.69) is 251 Å². The second-order valence-electron chi connectivity index (χ2n) is 20.9. The van der Waals surface area contributed by atoms with E-state index in [-0.39, 0.29) is 0 Å². The molecular formula is C66H48Ge2N2O2. The summed E-state index contributed by atoms with van der Waals surface area (Å²) < 4.78 is 19.8. The second-order valence-corrected chi connectivity index (χ2v) is 39.1. The minimum absolute atomic E-state index is 0.854. The summed E-state index contributed by atoms with van der Waals surface area (Å²) in [6, 6.07) is 80.8. The van der Waals surface area contributed by atoms with Crippen LogP contribution in [0.25, 0.3) is 87.7 Å². The summed E-state index contributed by atoms with van der Waals surface area (Å²) in [6.45, 7) is 0. The summed E-state index contributed by atoms with van der Waals surface area (Å²) >= 11 is -5.02. The molecular weight excluding hydrogens is 998 g/mol. The first-order chi connectivity index (χ1) is 35.2. The van der Waals surface area contributed by atoms with E-state index in [1.165, 1.54) is 42.4 Å². The number of para-hydroxylation sites is 2. The maximum absolute atomic E-state index is 6.78. The van der Waals surface area contributed by atoms with Crippen molar-refractivity contribution in [3.05, 3.63) is 218 Å². The molecule has 72 heavy (non-hydrogen) atoms. The van der Waals surface area contributed by atoms with Crippen LogP contribution in [-0.2, 0) is 0 Å². The third-order valence-corrected chi connectivity index (χ3v) is 31.0. The molecule has 11 aromatic carbocycles. The zero-order valence-corrected chi connectivity index (χ0v) is 44.7. The zero-order chi connectivity index (χ0) is 48.0. The molecule has 0 atom stereocenters. The Labute approximate surface area is 423 Å². The first-order valence-electron chi connectivity index (χ1n) is 25.1. The molecule has 13 aromatic rings. The molecule has 0 bridgehead atoms. The van der Waals surface area contributed by atoms with Crippen LogP contribution in [0.2, 0.25) is 23.0 Å². The Kier molecular flexibility index (Phi) is 8.95. The van der Waals surface area contributed by atoms with Crippen molar-refractivity contribution >= 4 is 144 Å². The predicted molar refractivity (Wildman–Crippen MR) is 310 cm³/mol. The fourth-order valence-corrected chi connectivity index (χ4v) is 25.6. The average Bonchev–Trinajstić information content (AvgIpc) is 4.09. The van der Waals surface area contributed by atoms with E-state index in [9.17, 15) is 0 Å². The van der Waals surface area contributed by atoms with Gasteiger partial charge in [0.05, 0.1) is 0 Å². The number of nitrogens with zero attached hydrogens (tertiary/aromatic N) is 2. The second kappa shape index (κ2) is 15.4. The van der Waals surface area contributed by atoms with Crippen molar-refractivity contribution < 1.29 is 8.83 Å². The number of hydrogen-bond acceptors (Lipinski definition) is 4. The van der Waals surface area contributed by atoms with Crippen LogP contribution in [0.5, 0.6) is 0 Å². The first kappa shape index (κ1) is 42.0. The summed E-state index contributed by atoms with van der Waals surface area (Å²) in [4.78, 5) is 4.82. The van der Waals surface area contributed by atoms with Crippen LogP contribution in [0, 0.1) is 0 Å². The maximum atomic E-state index is 6.78. The monoisotopic (exact) mass is 1050 g/mol. The molecule has 2 aliphatic heterocycles. The minimum atomic E-state index is -2.51. The van der Waals surface area contributed by atoms with E-state index >= 15 is 0 Å². The van der Waals surface area contributed by atoms with Gasteiger partial charge < -0.3 is 0 Å². The van der Waals surface area contributed by atoms with E-state index in [0.717, 1.165) is 88.2 Å². The van der Waals surface area contributed by atoms with E-state index in [0.29, 0.717) is 0 Å². The summed E-state index contributed by atoms with van der Waals surface area (Å²) in [6.07, 6.45) is 0. The van der Waals surface area contributed by atoms with Crippen LogP contribution in [0.3, 0.4) is 0 Å². The molecule has 0 radical (unpaired) electrons. The summed E-state index contributed by atoms with van der Waals surface area (Å²) in [5, 5.41) is 8.92. The third kappa shape index (κ3) is 6.12. The zero-order valence-electron chi connectivity index (χ0n) is 40.5. The van der Waals surface area contributed by atoms with Crippen molar-refractivity contribution in [2.45, 2.75) is 23.0 Å². The molecule has 0 saturated carbocycles. The molecule has 6 heteroatoms.